The normalized spacial score (nSPS) is 10.9. The Balaban J connectivity index is 2.62. The number of nitrogens with zero attached hydrogens (tertiary/aromatic N) is 2. The van der Waals surface area contributed by atoms with E-state index < -0.39 is 0 Å². The first-order valence-corrected chi connectivity index (χ1v) is 7.41. The molecule has 0 aliphatic heterocycles. The predicted octanol–water partition coefficient (Wildman–Crippen LogP) is 4.08. The summed E-state index contributed by atoms with van der Waals surface area (Å²) < 4.78 is 4.81. The average molecular weight is 311 g/mol. The number of rotatable bonds is 3. The van der Waals surface area contributed by atoms with Crippen LogP contribution in [0.3, 0.4) is 0 Å². The van der Waals surface area contributed by atoms with Crippen LogP contribution in [0.4, 0.5) is 0 Å². The van der Waals surface area contributed by atoms with E-state index >= 15 is 0 Å². The summed E-state index contributed by atoms with van der Waals surface area (Å²) in [5, 5.41) is 2.28. The molecule has 2 rings (SSSR count). The largest absolute Gasteiger partial charge is 0.465 e. The molecule has 0 amide bonds. The van der Waals surface area contributed by atoms with Crippen molar-refractivity contribution in [2.45, 2.75) is 26.7 Å². The molecule has 0 bridgehead atoms. The Morgan fingerprint density at radius 1 is 1.40 bits per heavy atom. The number of methoxy groups -OCH3 is 1. The van der Waals surface area contributed by atoms with Crippen LogP contribution in [0.15, 0.2) is 11.4 Å². The molecular weight excluding hydrogens is 296 g/mol. The van der Waals surface area contributed by atoms with Crippen molar-refractivity contribution < 1.29 is 9.53 Å². The van der Waals surface area contributed by atoms with E-state index in [2.05, 4.69) is 9.97 Å². The highest BCUT2D eigenvalue weighted by Crippen LogP contribution is 2.33. The van der Waals surface area contributed by atoms with E-state index in [1.54, 1.807) is 6.07 Å². The van der Waals surface area contributed by atoms with Crippen LogP contribution in [0.2, 0.25) is 5.15 Å². The predicted molar refractivity (Wildman–Crippen MR) is 80.5 cm³/mol. The zero-order valence-electron chi connectivity index (χ0n) is 11.7. The third-order valence-electron chi connectivity index (χ3n) is 2.83. The van der Waals surface area contributed by atoms with Crippen molar-refractivity contribution in [3.05, 3.63) is 32.9 Å². The fourth-order valence-electron chi connectivity index (χ4n) is 1.83. The Labute approximate surface area is 126 Å². The molecule has 20 heavy (non-hydrogen) atoms. The van der Waals surface area contributed by atoms with Gasteiger partial charge in [-0.15, -0.1) is 11.3 Å². The minimum Gasteiger partial charge on any atom is -0.465 e. The molecule has 0 aromatic carbocycles. The topological polar surface area (TPSA) is 52.1 Å². The Bertz CT molecular complexity index is 653. The maximum absolute atomic E-state index is 11.8. The fraction of sp³-hybridized carbons (Fsp3) is 0.357. The lowest BCUT2D eigenvalue weighted by Crippen LogP contribution is -2.04. The van der Waals surface area contributed by atoms with E-state index in [1.807, 2.05) is 26.2 Å². The monoisotopic (exact) mass is 310 g/mol. The molecule has 0 spiro atoms. The Morgan fingerprint density at radius 3 is 2.70 bits per heavy atom. The Kier molecular flexibility index (Phi) is 4.40. The molecule has 0 saturated heterocycles. The van der Waals surface area contributed by atoms with Gasteiger partial charge in [0.15, 0.2) is 0 Å². The van der Waals surface area contributed by atoms with Crippen molar-refractivity contribution in [2.24, 2.45) is 0 Å². The van der Waals surface area contributed by atoms with Crippen molar-refractivity contribution >= 4 is 28.9 Å². The number of thiophene rings is 1. The minimum atomic E-state index is -0.362. The maximum Gasteiger partial charge on any atom is 0.348 e. The van der Waals surface area contributed by atoms with Gasteiger partial charge in [-0.3, -0.25) is 0 Å². The molecule has 0 radical (unpaired) electrons. The summed E-state index contributed by atoms with van der Waals surface area (Å²) in [5.41, 5.74) is 2.40. The van der Waals surface area contributed by atoms with E-state index in [0.29, 0.717) is 21.5 Å². The molecule has 0 unspecified atom stereocenters. The van der Waals surface area contributed by atoms with Crippen LogP contribution in [0.5, 0.6) is 0 Å². The molecule has 2 heterocycles. The van der Waals surface area contributed by atoms with Crippen LogP contribution in [-0.4, -0.2) is 23.0 Å². The summed E-state index contributed by atoms with van der Waals surface area (Å²) in [5.74, 6) is 0.459. The molecule has 0 aliphatic rings. The third-order valence-corrected chi connectivity index (χ3v) is 4.10. The lowest BCUT2D eigenvalue weighted by atomic mass is 10.1. The van der Waals surface area contributed by atoms with Gasteiger partial charge in [-0.25, -0.2) is 14.8 Å². The van der Waals surface area contributed by atoms with Gasteiger partial charge in [0.1, 0.15) is 15.9 Å². The first-order chi connectivity index (χ1) is 9.43. The summed E-state index contributed by atoms with van der Waals surface area (Å²) in [6.45, 7) is 5.93. The molecular formula is C14H15ClN2O2S. The third kappa shape index (κ3) is 2.83. The quantitative estimate of drug-likeness (QED) is 0.633. The minimum absolute atomic E-state index is 0.160. The van der Waals surface area contributed by atoms with E-state index in [9.17, 15) is 4.79 Å². The highest BCUT2D eigenvalue weighted by molar-refractivity contribution is 7.12. The number of hydrogen-bond acceptors (Lipinski definition) is 5. The average Bonchev–Trinajstić information content (AvgIpc) is 2.79. The molecule has 4 nitrogen and oxygen atoms in total. The SMILES string of the molecule is COC(=O)c1scc(C)c1-c1cc(Cl)nc(C(C)C)n1. The highest BCUT2D eigenvalue weighted by Gasteiger charge is 2.20. The van der Waals surface area contributed by atoms with Gasteiger partial charge < -0.3 is 4.74 Å². The van der Waals surface area contributed by atoms with Crippen LogP contribution in [0.25, 0.3) is 11.3 Å². The zero-order chi connectivity index (χ0) is 14.9. The number of hydrogen-bond donors (Lipinski definition) is 0. The first-order valence-electron chi connectivity index (χ1n) is 6.15. The molecule has 0 N–H and O–H groups in total. The summed E-state index contributed by atoms with van der Waals surface area (Å²) in [6.07, 6.45) is 0. The number of esters is 1. The number of aryl methyl sites for hydroxylation is 1. The van der Waals surface area contributed by atoms with Crippen LogP contribution in [0, 0.1) is 6.92 Å². The van der Waals surface area contributed by atoms with Gasteiger partial charge in [0.2, 0.25) is 0 Å². The molecule has 106 valence electrons. The maximum atomic E-state index is 11.8. The van der Waals surface area contributed by atoms with Crippen molar-refractivity contribution in [3.8, 4) is 11.3 Å². The van der Waals surface area contributed by atoms with Crippen molar-refractivity contribution in [2.75, 3.05) is 7.11 Å². The van der Waals surface area contributed by atoms with Crippen molar-refractivity contribution in [1.29, 1.82) is 0 Å². The van der Waals surface area contributed by atoms with Gasteiger partial charge in [-0.2, -0.15) is 0 Å². The van der Waals surface area contributed by atoms with Crippen LogP contribution in [0.1, 0.15) is 40.8 Å². The lowest BCUT2D eigenvalue weighted by molar-refractivity contribution is 0.0607. The smallest absolute Gasteiger partial charge is 0.348 e. The summed E-state index contributed by atoms with van der Waals surface area (Å²) in [6, 6.07) is 1.68. The van der Waals surface area contributed by atoms with Crippen LogP contribution in [-0.2, 0) is 4.74 Å². The van der Waals surface area contributed by atoms with Gasteiger partial charge in [0.05, 0.1) is 12.8 Å². The van der Waals surface area contributed by atoms with Gasteiger partial charge >= 0.3 is 5.97 Å². The van der Waals surface area contributed by atoms with Gasteiger partial charge in [-0.05, 0) is 17.9 Å². The Hall–Kier alpha value is -1.46. The van der Waals surface area contributed by atoms with Crippen LogP contribution < -0.4 is 0 Å². The second kappa shape index (κ2) is 5.89. The molecule has 6 heteroatoms. The lowest BCUT2D eigenvalue weighted by Gasteiger charge is -2.09. The number of carbonyl (C=O) groups is 1. The standard InChI is InChI=1S/C14H15ClN2O2S/c1-7(2)13-16-9(5-10(15)17-13)11-8(3)6-20-12(11)14(18)19-4/h5-7H,1-4H3. The molecule has 2 aromatic rings. The second-order valence-corrected chi connectivity index (χ2v) is 5.97. The fourth-order valence-corrected chi connectivity index (χ4v) is 2.99. The number of aromatic nitrogens is 2. The molecule has 2 aromatic heterocycles. The summed E-state index contributed by atoms with van der Waals surface area (Å²) >= 11 is 7.41. The van der Waals surface area contributed by atoms with E-state index in [1.165, 1.54) is 18.4 Å². The van der Waals surface area contributed by atoms with Gasteiger partial charge in [0.25, 0.3) is 0 Å². The van der Waals surface area contributed by atoms with E-state index in [0.717, 1.165) is 11.1 Å². The second-order valence-electron chi connectivity index (χ2n) is 4.70. The van der Waals surface area contributed by atoms with Crippen molar-refractivity contribution in [1.82, 2.24) is 9.97 Å². The van der Waals surface area contributed by atoms with Crippen molar-refractivity contribution in [3.63, 3.8) is 0 Å². The molecule has 0 fully saturated rings. The van der Waals surface area contributed by atoms with E-state index in [4.69, 9.17) is 16.3 Å². The zero-order valence-corrected chi connectivity index (χ0v) is 13.3. The summed E-state index contributed by atoms with van der Waals surface area (Å²) in [7, 11) is 1.37. The number of halogens is 1. The molecule has 0 aliphatic carbocycles. The summed E-state index contributed by atoms with van der Waals surface area (Å²) in [4.78, 5) is 21.1. The first kappa shape index (κ1) is 14.9. The van der Waals surface area contributed by atoms with Gasteiger partial charge in [-0.1, -0.05) is 25.4 Å². The van der Waals surface area contributed by atoms with E-state index in [-0.39, 0.29) is 11.9 Å². The van der Waals surface area contributed by atoms with Crippen LogP contribution >= 0.6 is 22.9 Å². The Morgan fingerprint density at radius 2 is 2.10 bits per heavy atom. The van der Waals surface area contributed by atoms with Gasteiger partial charge in [0, 0.05) is 17.5 Å². The molecule has 0 atom stereocenters. The number of carbonyl (C=O) groups excluding carboxylic acids is 1. The number of ether oxygens (including phenoxy) is 1. The highest BCUT2D eigenvalue weighted by atomic mass is 35.5. The molecule has 0 saturated carbocycles.